The van der Waals surface area contributed by atoms with Crippen molar-refractivity contribution in [2.75, 3.05) is 33.2 Å². The number of carboxylic acids is 1. The van der Waals surface area contributed by atoms with Crippen LogP contribution in [0.1, 0.15) is 24.0 Å². The van der Waals surface area contributed by atoms with Gasteiger partial charge in [-0.1, -0.05) is 24.3 Å². The average molecular weight is 276 g/mol. The third-order valence-electron chi connectivity index (χ3n) is 3.94. The molecule has 110 valence electrons. The normalized spacial score (nSPS) is 17.2. The lowest BCUT2D eigenvalue weighted by molar-refractivity contribution is -0.137. The molecule has 1 aliphatic rings. The van der Waals surface area contributed by atoms with Gasteiger partial charge >= 0.3 is 5.97 Å². The SMILES string of the molecule is CN1CCN(Cc2ccccc2CCCC(=O)O)CC1. The van der Waals surface area contributed by atoms with Crippen molar-refractivity contribution in [3.05, 3.63) is 35.4 Å². The van der Waals surface area contributed by atoms with Gasteiger partial charge in [0.05, 0.1) is 0 Å². The molecule has 1 N–H and O–H groups in total. The number of hydrogen-bond donors (Lipinski definition) is 1. The van der Waals surface area contributed by atoms with Crippen molar-refractivity contribution in [3.8, 4) is 0 Å². The summed E-state index contributed by atoms with van der Waals surface area (Å²) in [5.41, 5.74) is 2.65. The number of likely N-dealkylation sites (N-methyl/N-ethyl adjacent to an activating group) is 1. The molecule has 0 saturated carbocycles. The maximum Gasteiger partial charge on any atom is 0.303 e. The summed E-state index contributed by atoms with van der Waals surface area (Å²) in [6.45, 7) is 5.46. The lowest BCUT2D eigenvalue weighted by Gasteiger charge is -2.32. The number of benzene rings is 1. The minimum absolute atomic E-state index is 0.253. The van der Waals surface area contributed by atoms with Crippen LogP contribution in [0.25, 0.3) is 0 Å². The van der Waals surface area contributed by atoms with Crippen molar-refractivity contribution in [1.29, 1.82) is 0 Å². The molecular formula is C16H24N2O2. The van der Waals surface area contributed by atoms with Gasteiger partial charge in [-0.3, -0.25) is 9.69 Å². The molecule has 1 aromatic carbocycles. The zero-order valence-electron chi connectivity index (χ0n) is 12.2. The molecule has 20 heavy (non-hydrogen) atoms. The highest BCUT2D eigenvalue weighted by Gasteiger charge is 2.15. The second-order valence-corrected chi connectivity index (χ2v) is 5.60. The first kappa shape index (κ1) is 15.0. The summed E-state index contributed by atoms with van der Waals surface area (Å²) in [6, 6.07) is 8.43. The van der Waals surface area contributed by atoms with Crippen LogP contribution in [-0.4, -0.2) is 54.1 Å². The summed E-state index contributed by atoms with van der Waals surface area (Å²) >= 11 is 0. The highest BCUT2D eigenvalue weighted by Crippen LogP contribution is 2.15. The fourth-order valence-corrected chi connectivity index (χ4v) is 2.63. The Morgan fingerprint density at radius 2 is 1.80 bits per heavy atom. The van der Waals surface area contributed by atoms with Crippen LogP contribution in [-0.2, 0) is 17.8 Å². The van der Waals surface area contributed by atoms with E-state index in [0.717, 1.165) is 45.6 Å². The molecule has 0 unspecified atom stereocenters. The van der Waals surface area contributed by atoms with E-state index in [1.807, 2.05) is 6.07 Å². The number of carbonyl (C=O) groups is 1. The number of carboxylic acid groups (broad SMARTS) is 1. The lowest BCUT2D eigenvalue weighted by Crippen LogP contribution is -2.44. The number of nitrogens with zero attached hydrogens (tertiary/aromatic N) is 2. The van der Waals surface area contributed by atoms with E-state index < -0.39 is 5.97 Å². The first-order valence-electron chi connectivity index (χ1n) is 7.34. The van der Waals surface area contributed by atoms with Gasteiger partial charge in [-0.15, -0.1) is 0 Å². The van der Waals surface area contributed by atoms with Crippen molar-refractivity contribution in [2.45, 2.75) is 25.8 Å². The van der Waals surface area contributed by atoms with Crippen LogP contribution < -0.4 is 0 Å². The molecule has 0 bridgehead atoms. The predicted octanol–water partition coefficient (Wildman–Crippen LogP) is 1.84. The molecule has 1 heterocycles. The molecule has 2 rings (SSSR count). The quantitative estimate of drug-likeness (QED) is 0.861. The van der Waals surface area contributed by atoms with Crippen LogP contribution in [0, 0.1) is 0 Å². The Morgan fingerprint density at radius 3 is 2.45 bits per heavy atom. The van der Waals surface area contributed by atoms with Gasteiger partial charge in [0.25, 0.3) is 0 Å². The van der Waals surface area contributed by atoms with E-state index in [9.17, 15) is 4.79 Å². The van der Waals surface area contributed by atoms with E-state index in [1.54, 1.807) is 0 Å². The van der Waals surface area contributed by atoms with Gasteiger partial charge < -0.3 is 10.0 Å². The molecule has 0 spiro atoms. The minimum Gasteiger partial charge on any atom is -0.481 e. The number of hydrogen-bond acceptors (Lipinski definition) is 3. The number of aryl methyl sites for hydroxylation is 1. The highest BCUT2D eigenvalue weighted by atomic mass is 16.4. The van der Waals surface area contributed by atoms with Crippen LogP contribution in [0.4, 0.5) is 0 Å². The zero-order valence-corrected chi connectivity index (χ0v) is 12.2. The molecule has 1 fully saturated rings. The first-order valence-corrected chi connectivity index (χ1v) is 7.34. The van der Waals surface area contributed by atoms with E-state index in [1.165, 1.54) is 11.1 Å². The standard InChI is InChI=1S/C16H24N2O2/c1-17-9-11-18(12-10-17)13-15-6-3-2-5-14(15)7-4-8-16(19)20/h2-3,5-6H,4,7-13H2,1H3,(H,19,20). The van der Waals surface area contributed by atoms with E-state index in [2.05, 4.69) is 35.0 Å². The average Bonchev–Trinajstić information content (AvgIpc) is 2.43. The molecule has 0 amide bonds. The molecule has 1 saturated heterocycles. The van der Waals surface area contributed by atoms with Crippen molar-refractivity contribution in [2.24, 2.45) is 0 Å². The summed E-state index contributed by atoms with van der Waals surface area (Å²) in [5, 5.41) is 8.73. The smallest absolute Gasteiger partial charge is 0.303 e. The van der Waals surface area contributed by atoms with Gasteiger partial charge in [-0.25, -0.2) is 0 Å². The topological polar surface area (TPSA) is 43.8 Å². The predicted molar refractivity (Wildman–Crippen MR) is 79.8 cm³/mol. The van der Waals surface area contributed by atoms with E-state index >= 15 is 0 Å². The monoisotopic (exact) mass is 276 g/mol. The van der Waals surface area contributed by atoms with Gasteiger partial charge in [0.15, 0.2) is 0 Å². The van der Waals surface area contributed by atoms with E-state index in [4.69, 9.17) is 5.11 Å². The fourth-order valence-electron chi connectivity index (χ4n) is 2.63. The lowest BCUT2D eigenvalue weighted by atomic mass is 10.0. The third kappa shape index (κ3) is 4.62. The van der Waals surface area contributed by atoms with Crippen LogP contribution in [0.15, 0.2) is 24.3 Å². The summed E-state index contributed by atoms with van der Waals surface area (Å²) in [6.07, 6.45) is 1.83. The minimum atomic E-state index is -0.707. The molecule has 0 radical (unpaired) electrons. The number of piperazine rings is 1. The molecule has 0 aromatic heterocycles. The Hall–Kier alpha value is -1.39. The highest BCUT2D eigenvalue weighted by molar-refractivity contribution is 5.66. The van der Waals surface area contributed by atoms with E-state index in [-0.39, 0.29) is 6.42 Å². The van der Waals surface area contributed by atoms with Crippen molar-refractivity contribution < 1.29 is 9.90 Å². The van der Waals surface area contributed by atoms with Gasteiger partial charge in [-0.2, -0.15) is 0 Å². The first-order chi connectivity index (χ1) is 9.65. The largest absolute Gasteiger partial charge is 0.481 e. The molecular weight excluding hydrogens is 252 g/mol. The molecule has 1 aromatic rings. The molecule has 4 heteroatoms. The second-order valence-electron chi connectivity index (χ2n) is 5.60. The molecule has 1 aliphatic heterocycles. The Morgan fingerprint density at radius 1 is 1.15 bits per heavy atom. The van der Waals surface area contributed by atoms with Gasteiger partial charge in [0.1, 0.15) is 0 Å². The van der Waals surface area contributed by atoms with Gasteiger partial charge in [0.2, 0.25) is 0 Å². The van der Waals surface area contributed by atoms with Crippen LogP contribution in [0.3, 0.4) is 0 Å². The summed E-state index contributed by atoms with van der Waals surface area (Å²) in [7, 11) is 2.16. The van der Waals surface area contributed by atoms with Gasteiger partial charge in [0, 0.05) is 39.1 Å². The van der Waals surface area contributed by atoms with Crippen LogP contribution in [0.5, 0.6) is 0 Å². The van der Waals surface area contributed by atoms with Crippen LogP contribution in [0.2, 0.25) is 0 Å². The molecule has 0 aliphatic carbocycles. The Labute approximate surface area is 121 Å². The third-order valence-corrected chi connectivity index (χ3v) is 3.94. The Balaban J connectivity index is 1.91. The second kappa shape index (κ2) is 7.41. The van der Waals surface area contributed by atoms with Crippen LogP contribution >= 0.6 is 0 Å². The maximum absolute atomic E-state index is 10.6. The van der Waals surface area contributed by atoms with Crippen molar-refractivity contribution >= 4 is 5.97 Å². The summed E-state index contributed by atoms with van der Waals surface area (Å²) < 4.78 is 0. The molecule has 4 nitrogen and oxygen atoms in total. The van der Waals surface area contributed by atoms with Crippen molar-refractivity contribution in [3.63, 3.8) is 0 Å². The Bertz CT molecular complexity index is 440. The summed E-state index contributed by atoms with van der Waals surface area (Å²) in [5.74, 6) is -0.707. The molecule has 0 atom stereocenters. The van der Waals surface area contributed by atoms with E-state index in [0.29, 0.717) is 0 Å². The van der Waals surface area contributed by atoms with Crippen molar-refractivity contribution in [1.82, 2.24) is 9.80 Å². The van der Waals surface area contributed by atoms with Gasteiger partial charge in [-0.05, 0) is 31.0 Å². The summed E-state index contributed by atoms with van der Waals surface area (Å²) in [4.78, 5) is 15.4. The zero-order chi connectivity index (χ0) is 14.4. The fraction of sp³-hybridized carbons (Fsp3) is 0.562. The maximum atomic E-state index is 10.6. The Kier molecular flexibility index (Phi) is 5.56. The number of rotatable bonds is 6. The number of aliphatic carboxylic acids is 1.